The minimum atomic E-state index is -3.46. The van der Waals surface area contributed by atoms with Crippen molar-refractivity contribution in [2.24, 2.45) is 7.05 Å². The van der Waals surface area contributed by atoms with E-state index in [9.17, 15) is 14.3 Å². The number of halogens is 3. The first kappa shape index (κ1) is 24.7. The Kier molecular flexibility index (Phi) is 6.58. The molecule has 1 saturated heterocycles. The van der Waals surface area contributed by atoms with Gasteiger partial charge in [0.25, 0.3) is 17.3 Å². The number of aryl methyl sites for hydroxylation is 1. The lowest BCUT2D eigenvalue weighted by molar-refractivity contribution is -0.127. The summed E-state index contributed by atoms with van der Waals surface area (Å²) < 4.78 is 45.0. The van der Waals surface area contributed by atoms with Gasteiger partial charge in [-0.15, -0.1) is 4.98 Å². The summed E-state index contributed by atoms with van der Waals surface area (Å²) in [4.78, 5) is 24.1. The molecule has 4 rings (SSSR count). The topological polar surface area (TPSA) is 66.0 Å². The second-order valence-electron chi connectivity index (χ2n) is 9.00. The largest absolute Gasteiger partial charge is 0.390 e. The van der Waals surface area contributed by atoms with Gasteiger partial charge < -0.3 is 19.4 Å². The van der Waals surface area contributed by atoms with Crippen LogP contribution in [-0.4, -0.2) is 57.3 Å². The van der Waals surface area contributed by atoms with Crippen LogP contribution < -0.4 is 10.5 Å². The molecule has 1 aliphatic rings. The maximum absolute atomic E-state index is 15.0. The second kappa shape index (κ2) is 9.32. The minimum Gasteiger partial charge on any atom is -0.390 e. The molecule has 0 saturated carbocycles. The lowest BCUT2D eigenvalue weighted by Gasteiger charge is -2.49. The Morgan fingerprint density at radius 2 is 1.86 bits per heavy atom. The van der Waals surface area contributed by atoms with Crippen molar-refractivity contribution in [3.63, 3.8) is 0 Å². The number of hydrogen-bond acceptors (Lipinski definition) is 5. The van der Waals surface area contributed by atoms with Crippen molar-refractivity contribution in [2.75, 3.05) is 24.6 Å². The van der Waals surface area contributed by atoms with E-state index in [4.69, 9.17) is 6.57 Å². The van der Waals surface area contributed by atoms with Gasteiger partial charge in [-0.2, -0.15) is 0 Å². The van der Waals surface area contributed by atoms with E-state index >= 15 is 8.78 Å². The first-order valence-electron chi connectivity index (χ1n) is 11.2. The van der Waals surface area contributed by atoms with Crippen LogP contribution in [0.3, 0.4) is 0 Å². The van der Waals surface area contributed by atoms with Gasteiger partial charge in [-0.05, 0) is 43.7 Å². The van der Waals surface area contributed by atoms with Crippen molar-refractivity contribution in [1.82, 2.24) is 14.5 Å². The zero-order valence-corrected chi connectivity index (χ0v) is 19.6. The molecule has 1 unspecified atom stereocenters. The first-order chi connectivity index (χ1) is 16.6. The average Bonchev–Trinajstić information content (AvgIpc) is 2.84. The van der Waals surface area contributed by atoms with Gasteiger partial charge >= 0.3 is 0 Å². The number of benzene rings is 1. The molecule has 1 N–H and O–H groups in total. The summed E-state index contributed by atoms with van der Waals surface area (Å²) in [5, 5.41) is 9.49. The number of hydrogen-bond donors (Lipinski definition) is 1. The van der Waals surface area contributed by atoms with Gasteiger partial charge in [-0.3, -0.25) is 9.69 Å². The molecule has 0 bridgehead atoms. The van der Waals surface area contributed by atoms with E-state index < -0.39 is 30.4 Å². The normalized spacial score (nSPS) is 20.1. The maximum Gasteiger partial charge on any atom is 0.289 e. The zero-order chi connectivity index (χ0) is 25.5. The quantitative estimate of drug-likeness (QED) is 0.556. The lowest BCUT2D eigenvalue weighted by atomic mass is 9.94. The summed E-state index contributed by atoms with van der Waals surface area (Å²) >= 11 is 0. The molecule has 1 aromatic carbocycles. The van der Waals surface area contributed by atoms with Crippen LogP contribution in [0.15, 0.2) is 47.3 Å². The van der Waals surface area contributed by atoms with E-state index in [0.29, 0.717) is 23.3 Å². The number of rotatable bonds is 5. The fourth-order valence-corrected chi connectivity index (χ4v) is 4.84. The molecule has 0 aliphatic carbocycles. The summed E-state index contributed by atoms with van der Waals surface area (Å²) in [5.41, 5.74) is 1.56. The Bertz CT molecular complexity index is 1340. The number of aliphatic hydroxyl groups excluding tert-OH is 1. The number of aliphatic hydroxyl groups is 1. The van der Waals surface area contributed by atoms with Crippen LogP contribution in [0, 0.1) is 12.4 Å². The third kappa shape index (κ3) is 4.49. The van der Waals surface area contributed by atoms with Crippen molar-refractivity contribution in [3.05, 3.63) is 75.6 Å². The molecule has 1 aliphatic heterocycles. The van der Waals surface area contributed by atoms with E-state index in [1.807, 2.05) is 11.8 Å². The Morgan fingerprint density at radius 3 is 2.49 bits per heavy atom. The van der Waals surface area contributed by atoms with Gasteiger partial charge in [0, 0.05) is 38.3 Å². The van der Waals surface area contributed by atoms with Gasteiger partial charge in [-0.1, -0.05) is 18.7 Å². The Hall–Kier alpha value is -3.42. The monoisotopic (exact) mass is 485 g/mol. The summed E-state index contributed by atoms with van der Waals surface area (Å²) in [6.07, 6.45) is 0. The van der Waals surface area contributed by atoms with Crippen molar-refractivity contribution < 1.29 is 18.3 Å². The SMILES string of the molecule is [C-]#[N+]c1ccc2c(n1)c(N1C[C@@H](C)N(C(c3ccc(F)cc3)C(F)(F)CO)C[C@@H]1C)cc(=O)n2C. The molecule has 7 nitrogen and oxygen atoms in total. The molecule has 1 fully saturated rings. The number of pyridine rings is 2. The number of alkyl halides is 2. The van der Waals surface area contributed by atoms with Gasteiger partial charge in [0.1, 0.15) is 18.5 Å². The Labute approximate surface area is 200 Å². The summed E-state index contributed by atoms with van der Waals surface area (Å²) in [7, 11) is 1.63. The number of piperazine rings is 1. The van der Waals surface area contributed by atoms with Crippen molar-refractivity contribution in [2.45, 2.75) is 37.9 Å². The average molecular weight is 486 g/mol. The summed E-state index contributed by atoms with van der Waals surface area (Å²) in [5.74, 6) is -3.80. The highest BCUT2D eigenvalue weighted by Crippen LogP contribution is 2.40. The molecule has 3 atom stereocenters. The van der Waals surface area contributed by atoms with Crippen LogP contribution in [0.4, 0.5) is 24.7 Å². The van der Waals surface area contributed by atoms with Crippen LogP contribution in [0.5, 0.6) is 0 Å². The molecule has 10 heteroatoms. The fourth-order valence-electron chi connectivity index (χ4n) is 4.84. The maximum atomic E-state index is 15.0. The number of aromatic nitrogens is 2. The fraction of sp³-hybridized carbons (Fsp3) is 0.400. The summed E-state index contributed by atoms with van der Waals surface area (Å²) in [6.45, 7) is 10.1. The van der Waals surface area contributed by atoms with Gasteiger partial charge in [0.15, 0.2) is 0 Å². The highest BCUT2D eigenvalue weighted by atomic mass is 19.3. The number of anilines is 1. The summed E-state index contributed by atoms with van der Waals surface area (Å²) in [6, 6.07) is 7.40. The van der Waals surface area contributed by atoms with Gasteiger partial charge in [0.2, 0.25) is 5.52 Å². The third-order valence-corrected chi connectivity index (χ3v) is 6.64. The van der Waals surface area contributed by atoms with Crippen LogP contribution in [0.1, 0.15) is 25.5 Å². The molecular formula is C25H26F3N5O2. The number of nitrogens with zero attached hydrogens (tertiary/aromatic N) is 5. The standard InChI is InChI=1S/C25H26F3N5O2/c1-15-13-33(24(25(27,28)14-34)17-5-7-18(26)8-6-17)16(2)12-32(15)20-11-22(35)31(4)19-9-10-21(29-3)30-23(19)20/h5-11,15-16,24,34H,12-14H2,1-2,4H3/t15-,16+,24?/m0/s1. The van der Waals surface area contributed by atoms with Crippen LogP contribution in [-0.2, 0) is 7.05 Å². The highest BCUT2D eigenvalue weighted by molar-refractivity contribution is 5.89. The molecule has 3 aromatic rings. The van der Waals surface area contributed by atoms with Crippen LogP contribution in [0.25, 0.3) is 15.9 Å². The molecule has 2 aromatic heterocycles. The highest BCUT2D eigenvalue weighted by Gasteiger charge is 2.47. The molecule has 184 valence electrons. The van der Waals surface area contributed by atoms with Crippen molar-refractivity contribution in [1.29, 1.82) is 0 Å². The molecule has 0 spiro atoms. The molecule has 35 heavy (non-hydrogen) atoms. The van der Waals surface area contributed by atoms with Crippen molar-refractivity contribution in [3.8, 4) is 0 Å². The van der Waals surface area contributed by atoms with E-state index in [2.05, 4.69) is 9.83 Å². The minimum absolute atomic E-state index is 0.190. The van der Waals surface area contributed by atoms with E-state index in [1.54, 1.807) is 31.0 Å². The van der Waals surface area contributed by atoms with Crippen molar-refractivity contribution >= 4 is 22.5 Å². The van der Waals surface area contributed by atoms with Crippen LogP contribution >= 0.6 is 0 Å². The molecule has 3 heterocycles. The third-order valence-electron chi connectivity index (χ3n) is 6.64. The smallest absolute Gasteiger partial charge is 0.289 e. The Balaban J connectivity index is 1.75. The zero-order valence-electron chi connectivity index (χ0n) is 19.6. The first-order valence-corrected chi connectivity index (χ1v) is 11.2. The number of fused-ring (bicyclic) bond motifs is 1. The van der Waals surface area contributed by atoms with E-state index in [1.165, 1.54) is 22.8 Å². The van der Waals surface area contributed by atoms with Gasteiger partial charge in [-0.25, -0.2) is 13.2 Å². The predicted octanol–water partition coefficient (Wildman–Crippen LogP) is 3.89. The second-order valence-corrected chi connectivity index (χ2v) is 9.00. The van der Waals surface area contributed by atoms with Gasteiger partial charge in [0.05, 0.1) is 11.2 Å². The molecule has 0 amide bonds. The molecule has 0 radical (unpaired) electrons. The van der Waals surface area contributed by atoms with Crippen LogP contribution in [0.2, 0.25) is 0 Å². The van der Waals surface area contributed by atoms with E-state index in [-0.39, 0.29) is 29.5 Å². The Morgan fingerprint density at radius 1 is 1.17 bits per heavy atom. The predicted molar refractivity (Wildman–Crippen MR) is 127 cm³/mol. The van der Waals surface area contributed by atoms with E-state index in [0.717, 1.165) is 12.1 Å². The lowest BCUT2D eigenvalue weighted by Crippen LogP contribution is -2.60. The molecular weight excluding hydrogens is 459 g/mol.